The molecule has 0 bridgehead atoms. The number of benzene rings is 1. The van der Waals surface area contributed by atoms with Crippen LogP contribution in [-0.2, 0) is 4.74 Å². The van der Waals surface area contributed by atoms with E-state index in [2.05, 4.69) is 21.6 Å². The minimum absolute atomic E-state index is 0.110. The molecular weight excluding hydrogens is 242 g/mol. The summed E-state index contributed by atoms with van der Waals surface area (Å²) < 4.78 is 5.35. The second-order valence-corrected chi connectivity index (χ2v) is 5.02. The number of hydrogen-bond acceptors (Lipinski definition) is 3. The van der Waals surface area contributed by atoms with Crippen molar-refractivity contribution in [2.75, 3.05) is 36.5 Å². The molecule has 1 aliphatic heterocycles. The van der Waals surface area contributed by atoms with E-state index in [1.54, 1.807) is 0 Å². The van der Waals surface area contributed by atoms with Gasteiger partial charge in [0.05, 0.1) is 13.2 Å². The molecular formula is C14H19N3O2. The molecule has 3 rings (SSSR count). The van der Waals surface area contributed by atoms with Crippen LogP contribution in [0.5, 0.6) is 0 Å². The Balaban J connectivity index is 1.62. The van der Waals surface area contributed by atoms with Gasteiger partial charge in [0.25, 0.3) is 0 Å². The van der Waals surface area contributed by atoms with E-state index in [9.17, 15) is 4.79 Å². The smallest absolute Gasteiger partial charge is 0.319 e. The third kappa shape index (κ3) is 3.38. The molecule has 1 saturated heterocycles. The summed E-state index contributed by atoms with van der Waals surface area (Å²) in [6.45, 7) is 3.33. The number of ether oxygens (including phenoxy) is 1. The molecule has 1 heterocycles. The van der Waals surface area contributed by atoms with Gasteiger partial charge in [-0.2, -0.15) is 0 Å². The summed E-state index contributed by atoms with van der Waals surface area (Å²) in [4.78, 5) is 14.0. The highest BCUT2D eigenvalue weighted by molar-refractivity contribution is 5.90. The Bertz CT molecular complexity index is 454. The molecule has 1 aliphatic carbocycles. The maximum Gasteiger partial charge on any atom is 0.319 e. The zero-order chi connectivity index (χ0) is 13.1. The van der Waals surface area contributed by atoms with E-state index < -0.39 is 0 Å². The Morgan fingerprint density at radius 1 is 1.26 bits per heavy atom. The van der Waals surface area contributed by atoms with E-state index in [4.69, 9.17) is 4.74 Å². The molecule has 1 saturated carbocycles. The van der Waals surface area contributed by atoms with Gasteiger partial charge in [0.1, 0.15) is 0 Å². The van der Waals surface area contributed by atoms with Gasteiger partial charge in [-0.15, -0.1) is 0 Å². The number of carbonyl (C=O) groups is 1. The van der Waals surface area contributed by atoms with E-state index in [1.165, 1.54) is 0 Å². The standard InChI is InChI=1S/C14H19N3O2/c18-14(15-11-4-5-11)16-12-2-1-3-13(10-12)17-6-8-19-9-7-17/h1-3,10-11H,4-9H2,(H2,15,16,18). The predicted molar refractivity (Wildman–Crippen MR) is 74.7 cm³/mol. The first kappa shape index (κ1) is 12.3. The van der Waals surface area contributed by atoms with Gasteiger partial charge in [0.15, 0.2) is 0 Å². The van der Waals surface area contributed by atoms with Crippen molar-refractivity contribution in [3.8, 4) is 0 Å². The van der Waals surface area contributed by atoms with Crippen LogP contribution in [0, 0.1) is 0 Å². The Morgan fingerprint density at radius 3 is 2.79 bits per heavy atom. The summed E-state index contributed by atoms with van der Waals surface area (Å²) in [5.41, 5.74) is 1.97. The van der Waals surface area contributed by atoms with Gasteiger partial charge in [-0.1, -0.05) is 6.07 Å². The fourth-order valence-electron chi connectivity index (χ4n) is 2.18. The van der Waals surface area contributed by atoms with Crippen LogP contribution in [-0.4, -0.2) is 38.4 Å². The van der Waals surface area contributed by atoms with Gasteiger partial charge in [-0.25, -0.2) is 4.79 Å². The quantitative estimate of drug-likeness (QED) is 0.872. The number of nitrogens with zero attached hydrogens (tertiary/aromatic N) is 1. The molecule has 0 spiro atoms. The van der Waals surface area contributed by atoms with Gasteiger partial charge in [0.2, 0.25) is 0 Å². The summed E-state index contributed by atoms with van der Waals surface area (Å²) in [5.74, 6) is 0. The summed E-state index contributed by atoms with van der Waals surface area (Å²) in [6.07, 6.45) is 2.20. The van der Waals surface area contributed by atoms with Crippen molar-refractivity contribution >= 4 is 17.4 Å². The SMILES string of the molecule is O=C(Nc1cccc(N2CCOCC2)c1)NC1CC1. The van der Waals surface area contributed by atoms with Crippen LogP contribution in [0.1, 0.15) is 12.8 Å². The average Bonchev–Trinajstić information content (AvgIpc) is 3.24. The van der Waals surface area contributed by atoms with Gasteiger partial charge < -0.3 is 20.3 Å². The van der Waals surface area contributed by atoms with Crippen LogP contribution in [0.15, 0.2) is 24.3 Å². The maximum absolute atomic E-state index is 11.7. The molecule has 1 aromatic carbocycles. The molecule has 0 unspecified atom stereocenters. The first-order valence-electron chi connectivity index (χ1n) is 6.81. The molecule has 0 aromatic heterocycles. The highest BCUT2D eigenvalue weighted by atomic mass is 16.5. The monoisotopic (exact) mass is 261 g/mol. The molecule has 2 amide bonds. The molecule has 5 nitrogen and oxygen atoms in total. The van der Waals surface area contributed by atoms with Crippen LogP contribution in [0.2, 0.25) is 0 Å². The van der Waals surface area contributed by atoms with Crippen molar-refractivity contribution in [1.29, 1.82) is 0 Å². The van der Waals surface area contributed by atoms with E-state index in [1.807, 2.05) is 18.2 Å². The fraction of sp³-hybridized carbons (Fsp3) is 0.500. The number of rotatable bonds is 3. The second-order valence-electron chi connectivity index (χ2n) is 5.02. The normalized spacial score (nSPS) is 19.1. The first-order chi connectivity index (χ1) is 9.31. The number of morpholine rings is 1. The lowest BCUT2D eigenvalue weighted by atomic mass is 10.2. The lowest BCUT2D eigenvalue weighted by Crippen LogP contribution is -2.36. The molecule has 2 N–H and O–H groups in total. The van der Waals surface area contributed by atoms with Crippen molar-refractivity contribution < 1.29 is 9.53 Å². The van der Waals surface area contributed by atoms with Crippen molar-refractivity contribution in [3.05, 3.63) is 24.3 Å². The van der Waals surface area contributed by atoms with Crippen LogP contribution < -0.4 is 15.5 Å². The van der Waals surface area contributed by atoms with Crippen LogP contribution in [0.25, 0.3) is 0 Å². The molecule has 2 fully saturated rings. The van der Waals surface area contributed by atoms with Crippen molar-refractivity contribution in [1.82, 2.24) is 5.32 Å². The number of hydrogen-bond donors (Lipinski definition) is 2. The number of carbonyl (C=O) groups excluding carboxylic acids is 1. The number of urea groups is 1. The predicted octanol–water partition coefficient (Wildman–Crippen LogP) is 1.81. The molecule has 0 atom stereocenters. The molecule has 5 heteroatoms. The summed E-state index contributed by atoms with van der Waals surface area (Å²) in [7, 11) is 0. The van der Waals surface area contributed by atoms with E-state index in [0.717, 1.165) is 50.5 Å². The van der Waals surface area contributed by atoms with E-state index in [0.29, 0.717) is 6.04 Å². The zero-order valence-electron chi connectivity index (χ0n) is 10.9. The molecule has 1 aromatic rings. The van der Waals surface area contributed by atoms with E-state index >= 15 is 0 Å². The highest BCUT2D eigenvalue weighted by Crippen LogP contribution is 2.21. The van der Waals surface area contributed by atoms with Gasteiger partial charge in [0, 0.05) is 30.5 Å². The van der Waals surface area contributed by atoms with Gasteiger partial charge in [-0.05, 0) is 31.0 Å². The van der Waals surface area contributed by atoms with Crippen LogP contribution in [0.3, 0.4) is 0 Å². The summed E-state index contributed by atoms with van der Waals surface area (Å²) >= 11 is 0. The Labute approximate surface area is 112 Å². The fourth-order valence-corrected chi connectivity index (χ4v) is 2.18. The van der Waals surface area contributed by atoms with Gasteiger partial charge in [-0.3, -0.25) is 0 Å². The lowest BCUT2D eigenvalue weighted by Gasteiger charge is -2.29. The average molecular weight is 261 g/mol. The van der Waals surface area contributed by atoms with Crippen molar-refractivity contribution in [2.24, 2.45) is 0 Å². The Kier molecular flexibility index (Phi) is 3.55. The molecule has 19 heavy (non-hydrogen) atoms. The summed E-state index contributed by atoms with van der Waals surface area (Å²) in [5, 5.41) is 5.80. The molecule has 2 aliphatic rings. The highest BCUT2D eigenvalue weighted by Gasteiger charge is 2.23. The topological polar surface area (TPSA) is 53.6 Å². The van der Waals surface area contributed by atoms with Gasteiger partial charge >= 0.3 is 6.03 Å². The van der Waals surface area contributed by atoms with Crippen LogP contribution >= 0.6 is 0 Å². The largest absolute Gasteiger partial charge is 0.378 e. The number of nitrogens with one attached hydrogen (secondary N) is 2. The Hall–Kier alpha value is -1.75. The maximum atomic E-state index is 11.7. The molecule has 102 valence electrons. The number of amides is 2. The zero-order valence-corrected chi connectivity index (χ0v) is 10.9. The Morgan fingerprint density at radius 2 is 2.05 bits per heavy atom. The number of anilines is 2. The van der Waals surface area contributed by atoms with Crippen LogP contribution in [0.4, 0.5) is 16.2 Å². The van der Waals surface area contributed by atoms with Crippen molar-refractivity contribution in [3.63, 3.8) is 0 Å². The minimum atomic E-state index is -0.110. The van der Waals surface area contributed by atoms with E-state index in [-0.39, 0.29) is 6.03 Å². The third-order valence-electron chi connectivity index (χ3n) is 3.39. The minimum Gasteiger partial charge on any atom is -0.378 e. The second kappa shape index (κ2) is 5.48. The lowest BCUT2D eigenvalue weighted by molar-refractivity contribution is 0.122. The van der Waals surface area contributed by atoms with Crippen molar-refractivity contribution in [2.45, 2.75) is 18.9 Å². The third-order valence-corrected chi connectivity index (χ3v) is 3.39. The first-order valence-corrected chi connectivity index (χ1v) is 6.81. The molecule has 0 radical (unpaired) electrons. The summed E-state index contributed by atoms with van der Waals surface area (Å²) in [6, 6.07) is 8.23.